The number of rotatable bonds is 5. The molecule has 0 aliphatic heterocycles. The number of aromatic nitrogens is 1. The maximum atomic E-state index is 12.2. The molecule has 0 atom stereocenters. The zero-order chi connectivity index (χ0) is 17.0. The quantitative estimate of drug-likeness (QED) is 0.890. The molecule has 5 nitrogen and oxygen atoms in total. The van der Waals surface area contributed by atoms with E-state index >= 15 is 0 Å². The first-order chi connectivity index (χ1) is 10.8. The third-order valence-electron chi connectivity index (χ3n) is 3.60. The summed E-state index contributed by atoms with van der Waals surface area (Å²) in [5.41, 5.74) is 1.92. The molecule has 2 rings (SSSR count). The smallest absolute Gasteiger partial charge is 0.240 e. The summed E-state index contributed by atoms with van der Waals surface area (Å²) in [5, 5.41) is 4.01. The average Bonchev–Trinajstić information content (AvgIpc) is 2.85. The molecule has 2 amide bonds. The van der Waals surface area contributed by atoms with Crippen LogP contribution in [0.2, 0.25) is 0 Å². The van der Waals surface area contributed by atoms with Crippen molar-refractivity contribution in [3.05, 3.63) is 36.0 Å². The monoisotopic (exact) mass is 315 g/mol. The number of H-pyrrole nitrogens is 1. The predicted molar refractivity (Wildman–Crippen MR) is 92.2 cm³/mol. The Bertz CT molecular complexity index is 698. The van der Waals surface area contributed by atoms with Crippen molar-refractivity contribution in [3.63, 3.8) is 0 Å². The summed E-state index contributed by atoms with van der Waals surface area (Å²) >= 11 is 0. The molecule has 0 spiro atoms. The molecular weight excluding hydrogens is 290 g/mol. The molecule has 1 aromatic heterocycles. The van der Waals surface area contributed by atoms with Gasteiger partial charge in [0.15, 0.2) is 0 Å². The second-order valence-electron chi connectivity index (χ2n) is 6.91. The van der Waals surface area contributed by atoms with Crippen LogP contribution in [0.4, 0.5) is 0 Å². The lowest BCUT2D eigenvalue weighted by Crippen LogP contribution is -2.46. The van der Waals surface area contributed by atoms with Crippen LogP contribution in [0.25, 0.3) is 10.9 Å². The number of aryl methyl sites for hydroxylation is 1. The zero-order valence-corrected chi connectivity index (χ0v) is 14.3. The highest BCUT2D eigenvalue weighted by Gasteiger charge is 2.18. The standard InChI is InChI=1S/C18H25N3O2/c1-18(2,3)20-16(22)12-21(4)17(23)10-9-13-11-19-15-8-6-5-7-14(13)15/h5-8,11,19H,9-10,12H2,1-4H3,(H,20,22). The van der Waals surface area contributed by atoms with Gasteiger partial charge in [0.05, 0.1) is 6.54 Å². The van der Waals surface area contributed by atoms with E-state index in [1.807, 2.05) is 51.2 Å². The van der Waals surface area contributed by atoms with Gasteiger partial charge in [0.1, 0.15) is 0 Å². The van der Waals surface area contributed by atoms with E-state index in [1.165, 1.54) is 4.90 Å². The average molecular weight is 315 g/mol. The van der Waals surface area contributed by atoms with E-state index in [9.17, 15) is 9.59 Å². The lowest BCUT2D eigenvalue weighted by molar-refractivity contribution is -0.135. The summed E-state index contributed by atoms with van der Waals surface area (Å²) in [6.07, 6.45) is 3.00. The van der Waals surface area contributed by atoms with E-state index in [0.29, 0.717) is 12.8 Å². The molecule has 0 radical (unpaired) electrons. The summed E-state index contributed by atoms with van der Waals surface area (Å²) in [6, 6.07) is 8.04. The fourth-order valence-corrected chi connectivity index (χ4v) is 2.53. The molecule has 0 saturated heterocycles. The first-order valence-electron chi connectivity index (χ1n) is 7.86. The van der Waals surface area contributed by atoms with Crippen molar-refractivity contribution in [1.29, 1.82) is 0 Å². The largest absolute Gasteiger partial charge is 0.361 e. The first kappa shape index (κ1) is 17.1. The Balaban J connectivity index is 1.88. The Morgan fingerprint density at radius 1 is 1.22 bits per heavy atom. The number of hydrogen-bond donors (Lipinski definition) is 2. The summed E-state index contributed by atoms with van der Waals surface area (Å²) in [7, 11) is 1.67. The van der Waals surface area contributed by atoms with Crippen LogP contribution in [0.1, 0.15) is 32.8 Å². The molecule has 0 aliphatic carbocycles. The molecule has 0 fully saturated rings. The molecule has 1 heterocycles. The number of hydrogen-bond acceptors (Lipinski definition) is 2. The van der Waals surface area contributed by atoms with Crippen LogP contribution < -0.4 is 5.32 Å². The topological polar surface area (TPSA) is 65.2 Å². The Hall–Kier alpha value is -2.30. The van der Waals surface area contributed by atoms with Gasteiger partial charge in [-0.1, -0.05) is 18.2 Å². The molecule has 2 aromatic rings. The number of fused-ring (bicyclic) bond motifs is 1. The van der Waals surface area contributed by atoms with E-state index in [0.717, 1.165) is 16.5 Å². The highest BCUT2D eigenvalue weighted by molar-refractivity contribution is 5.86. The fourth-order valence-electron chi connectivity index (χ4n) is 2.53. The summed E-state index contributed by atoms with van der Waals surface area (Å²) in [4.78, 5) is 28.8. The van der Waals surface area contributed by atoms with Crippen LogP contribution in [0.15, 0.2) is 30.5 Å². The predicted octanol–water partition coefficient (Wildman–Crippen LogP) is 2.47. The van der Waals surface area contributed by atoms with Gasteiger partial charge >= 0.3 is 0 Å². The van der Waals surface area contributed by atoms with Gasteiger partial charge in [0.25, 0.3) is 0 Å². The number of likely N-dealkylation sites (N-methyl/N-ethyl adjacent to an activating group) is 1. The third kappa shape index (κ3) is 4.84. The van der Waals surface area contributed by atoms with Crippen molar-refractivity contribution in [3.8, 4) is 0 Å². The number of benzene rings is 1. The summed E-state index contributed by atoms with van der Waals surface area (Å²) in [6.45, 7) is 5.85. The number of amides is 2. The van der Waals surface area contributed by atoms with Crippen molar-refractivity contribution in [2.24, 2.45) is 0 Å². The van der Waals surface area contributed by atoms with Crippen molar-refractivity contribution in [2.45, 2.75) is 39.2 Å². The molecule has 0 saturated carbocycles. The van der Waals surface area contributed by atoms with Gasteiger partial charge < -0.3 is 15.2 Å². The number of carbonyl (C=O) groups is 2. The van der Waals surface area contributed by atoms with Crippen LogP contribution in [-0.2, 0) is 16.0 Å². The van der Waals surface area contributed by atoms with E-state index in [1.54, 1.807) is 7.05 Å². The van der Waals surface area contributed by atoms with Gasteiger partial charge in [-0.25, -0.2) is 0 Å². The van der Waals surface area contributed by atoms with Crippen LogP contribution in [-0.4, -0.2) is 40.8 Å². The van der Waals surface area contributed by atoms with E-state index in [-0.39, 0.29) is 23.9 Å². The lowest BCUT2D eigenvalue weighted by atomic mass is 10.1. The minimum absolute atomic E-state index is 0.0284. The normalized spacial score (nSPS) is 11.5. The fraction of sp³-hybridized carbons (Fsp3) is 0.444. The minimum Gasteiger partial charge on any atom is -0.361 e. The van der Waals surface area contributed by atoms with Gasteiger partial charge in [0, 0.05) is 36.1 Å². The molecule has 0 unspecified atom stereocenters. The maximum Gasteiger partial charge on any atom is 0.240 e. The molecular formula is C18H25N3O2. The van der Waals surface area contributed by atoms with Crippen LogP contribution in [0.5, 0.6) is 0 Å². The van der Waals surface area contributed by atoms with Crippen molar-refractivity contribution in [1.82, 2.24) is 15.2 Å². The SMILES string of the molecule is CN(CC(=O)NC(C)(C)C)C(=O)CCc1c[nH]c2ccccc12. The summed E-state index contributed by atoms with van der Waals surface area (Å²) in [5.74, 6) is -0.167. The molecule has 0 aliphatic rings. The highest BCUT2D eigenvalue weighted by Crippen LogP contribution is 2.19. The molecule has 1 aromatic carbocycles. The number of nitrogens with zero attached hydrogens (tertiary/aromatic N) is 1. The molecule has 23 heavy (non-hydrogen) atoms. The number of aromatic amines is 1. The van der Waals surface area contributed by atoms with Crippen molar-refractivity contribution in [2.75, 3.05) is 13.6 Å². The first-order valence-corrected chi connectivity index (χ1v) is 7.86. The second kappa shape index (κ2) is 6.86. The van der Waals surface area contributed by atoms with Gasteiger partial charge in [-0.2, -0.15) is 0 Å². The minimum atomic E-state index is -0.287. The van der Waals surface area contributed by atoms with Gasteiger partial charge in [-0.3, -0.25) is 9.59 Å². The molecule has 0 bridgehead atoms. The van der Waals surface area contributed by atoms with E-state index in [4.69, 9.17) is 0 Å². The zero-order valence-electron chi connectivity index (χ0n) is 14.3. The molecule has 124 valence electrons. The van der Waals surface area contributed by atoms with Crippen LogP contribution in [0.3, 0.4) is 0 Å². The third-order valence-corrected chi connectivity index (χ3v) is 3.60. The maximum absolute atomic E-state index is 12.2. The summed E-state index contributed by atoms with van der Waals surface area (Å²) < 4.78 is 0. The Morgan fingerprint density at radius 3 is 2.61 bits per heavy atom. The lowest BCUT2D eigenvalue weighted by Gasteiger charge is -2.23. The number of carbonyl (C=O) groups excluding carboxylic acids is 2. The molecule has 2 N–H and O–H groups in total. The van der Waals surface area contributed by atoms with Gasteiger partial charge in [0.2, 0.25) is 11.8 Å². The second-order valence-corrected chi connectivity index (χ2v) is 6.91. The number of nitrogens with one attached hydrogen (secondary N) is 2. The number of para-hydroxylation sites is 1. The van der Waals surface area contributed by atoms with E-state index in [2.05, 4.69) is 10.3 Å². The van der Waals surface area contributed by atoms with Gasteiger partial charge in [-0.15, -0.1) is 0 Å². The Kier molecular flexibility index (Phi) is 5.08. The highest BCUT2D eigenvalue weighted by atomic mass is 16.2. The van der Waals surface area contributed by atoms with Gasteiger partial charge in [-0.05, 0) is 38.8 Å². The molecule has 5 heteroatoms. The Morgan fingerprint density at radius 2 is 1.91 bits per heavy atom. The van der Waals surface area contributed by atoms with Crippen molar-refractivity contribution >= 4 is 22.7 Å². The van der Waals surface area contributed by atoms with E-state index < -0.39 is 0 Å². The van der Waals surface area contributed by atoms with Crippen molar-refractivity contribution < 1.29 is 9.59 Å². The Labute approximate surface area is 137 Å². The van der Waals surface area contributed by atoms with Crippen LogP contribution >= 0.6 is 0 Å². The van der Waals surface area contributed by atoms with Crippen LogP contribution in [0, 0.1) is 0 Å².